The topological polar surface area (TPSA) is 29.5 Å². The van der Waals surface area contributed by atoms with Crippen LogP contribution in [0, 0.1) is 5.82 Å². The van der Waals surface area contributed by atoms with E-state index < -0.39 is 6.10 Å². The van der Waals surface area contributed by atoms with Crippen molar-refractivity contribution in [3.8, 4) is 5.75 Å². The molecular weight excluding hydrogens is 291 g/mol. The summed E-state index contributed by atoms with van der Waals surface area (Å²) in [5.41, 5.74) is 2.86. The van der Waals surface area contributed by atoms with Crippen LogP contribution in [0.5, 0.6) is 5.75 Å². The lowest BCUT2D eigenvalue weighted by atomic mass is 9.89. The molecule has 2 aromatic rings. The third-order valence-corrected chi connectivity index (χ3v) is 4.16. The zero-order valence-electron chi connectivity index (χ0n) is 11.5. The molecule has 0 aromatic heterocycles. The van der Waals surface area contributed by atoms with Crippen molar-refractivity contribution in [2.45, 2.75) is 32.0 Å². The molecule has 1 atom stereocenters. The molecule has 0 unspecified atom stereocenters. The molecule has 0 aliphatic heterocycles. The van der Waals surface area contributed by atoms with E-state index in [1.54, 1.807) is 6.07 Å². The lowest BCUT2D eigenvalue weighted by Gasteiger charge is -2.22. The van der Waals surface area contributed by atoms with Crippen molar-refractivity contribution in [2.24, 2.45) is 0 Å². The Labute approximate surface area is 128 Å². The molecular formula is C17H16ClFO2. The van der Waals surface area contributed by atoms with E-state index in [1.807, 2.05) is 18.2 Å². The first-order valence-corrected chi connectivity index (χ1v) is 7.39. The Bertz CT molecular complexity index is 657. The molecule has 0 saturated carbocycles. The van der Waals surface area contributed by atoms with Crippen molar-refractivity contribution in [2.75, 3.05) is 0 Å². The summed E-state index contributed by atoms with van der Waals surface area (Å²) < 4.78 is 18.7. The Hall–Kier alpha value is -1.58. The number of aliphatic hydroxyl groups is 1. The summed E-state index contributed by atoms with van der Waals surface area (Å²) in [5, 5.41) is 10.4. The Morgan fingerprint density at radius 1 is 1.24 bits per heavy atom. The normalized spacial score (nSPS) is 17.4. The number of halogens is 2. The van der Waals surface area contributed by atoms with Crippen LogP contribution in [0.15, 0.2) is 36.4 Å². The predicted octanol–water partition coefficient (Wildman–Crippen LogP) is 4.43. The fraction of sp³-hybridized carbons (Fsp3) is 0.294. The largest absolute Gasteiger partial charge is 0.489 e. The van der Waals surface area contributed by atoms with Crippen molar-refractivity contribution in [1.29, 1.82) is 0 Å². The van der Waals surface area contributed by atoms with Crippen molar-refractivity contribution in [3.05, 3.63) is 63.9 Å². The van der Waals surface area contributed by atoms with Gasteiger partial charge in [-0.15, -0.1) is 0 Å². The molecule has 0 fully saturated rings. The van der Waals surface area contributed by atoms with Gasteiger partial charge in [-0.3, -0.25) is 0 Å². The number of benzene rings is 2. The summed E-state index contributed by atoms with van der Waals surface area (Å²) >= 11 is 5.97. The average Bonchev–Trinajstić information content (AvgIpc) is 2.47. The Morgan fingerprint density at radius 3 is 2.90 bits per heavy atom. The van der Waals surface area contributed by atoms with E-state index in [0.717, 1.165) is 30.4 Å². The maximum Gasteiger partial charge on any atom is 0.124 e. The van der Waals surface area contributed by atoms with Gasteiger partial charge in [0.05, 0.1) is 11.1 Å². The van der Waals surface area contributed by atoms with Crippen LogP contribution in [-0.2, 0) is 13.0 Å². The Kier molecular flexibility index (Phi) is 4.13. The molecule has 0 saturated heterocycles. The number of hydrogen-bond acceptors (Lipinski definition) is 2. The number of ether oxygens (including phenoxy) is 1. The summed E-state index contributed by atoms with van der Waals surface area (Å²) in [7, 11) is 0. The van der Waals surface area contributed by atoms with Gasteiger partial charge >= 0.3 is 0 Å². The van der Waals surface area contributed by atoms with Crippen LogP contribution in [0.2, 0.25) is 5.02 Å². The second-order valence-corrected chi connectivity index (χ2v) is 5.70. The van der Waals surface area contributed by atoms with E-state index in [0.29, 0.717) is 10.8 Å². The van der Waals surface area contributed by atoms with E-state index >= 15 is 0 Å². The number of rotatable bonds is 3. The van der Waals surface area contributed by atoms with E-state index in [4.69, 9.17) is 16.3 Å². The van der Waals surface area contributed by atoms with Crippen LogP contribution in [0.3, 0.4) is 0 Å². The standard InChI is InChI=1S/C17H16ClFO2/c18-16-8-13(19)6-4-12(16)10-21-14-7-5-11-2-1-3-17(20)15(11)9-14/h4-9,17,20H,1-3,10H2/t17-/m1/s1. The van der Waals surface area contributed by atoms with Gasteiger partial charge in [0, 0.05) is 5.56 Å². The fourth-order valence-electron chi connectivity index (χ4n) is 2.64. The maximum atomic E-state index is 13.0. The van der Waals surface area contributed by atoms with Crippen molar-refractivity contribution < 1.29 is 14.2 Å². The predicted molar refractivity (Wildman–Crippen MR) is 80.1 cm³/mol. The van der Waals surface area contributed by atoms with Gasteiger partial charge in [-0.05, 0) is 54.7 Å². The quantitative estimate of drug-likeness (QED) is 0.909. The number of hydrogen-bond donors (Lipinski definition) is 1. The van der Waals surface area contributed by atoms with Gasteiger partial charge in [0.25, 0.3) is 0 Å². The molecule has 21 heavy (non-hydrogen) atoms. The van der Waals surface area contributed by atoms with Gasteiger partial charge in [-0.2, -0.15) is 0 Å². The molecule has 110 valence electrons. The summed E-state index contributed by atoms with van der Waals surface area (Å²) in [4.78, 5) is 0. The molecule has 1 aliphatic carbocycles. The molecule has 3 rings (SSSR count). The van der Waals surface area contributed by atoms with Crippen molar-refractivity contribution in [3.63, 3.8) is 0 Å². The highest BCUT2D eigenvalue weighted by molar-refractivity contribution is 6.31. The van der Waals surface area contributed by atoms with Crippen LogP contribution < -0.4 is 4.74 Å². The summed E-state index contributed by atoms with van der Waals surface area (Å²) in [6.07, 6.45) is 2.39. The van der Waals surface area contributed by atoms with Crippen LogP contribution in [0.4, 0.5) is 4.39 Å². The van der Waals surface area contributed by atoms with E-state index in [-0.39, 0.29) is 12.4 Å². The molecule has 0 heterocycles. The highest BCUT2D eigenvalue weighted by Gasteiger charge is 2.18. The van der Waals surface area contributed by atoms with Crippen molar-refractivity contribution in [1.82, 2.24) is 0 Å². The third kappa shape index (κ3) is 3.20. The van der Waals surface area contributed by atoms with Crippen molar-refractivity contribution >= 4 is 11.6 Å². The smallest absolute Gasteiger partial charge is 0.124 e. The zero-order chi connectivity index (χ0) is 14.8. The first-order chi connectivity index (χ1) is 10.1. The van der Waals surface area contributed by atoms with Gasteiger partial charge in [0.1, 0.15) is 18.2 Å². The fourth-order valence-corrected chi connectivity index (χ4v) is 2.86. The first kappa shape index (κ1) is 14.4. The SMILES string of the molecule is O[C@@H]1CCCc2ccc(OCc3ccc(F)cc3Cl)cc21. The van der Waals surface area contributed by atoms with E-state index in [2.05, 4.69) is 0 Å². The molecule has 1 aliphatic rings. The average molecular weight is 307 g/mol. The summed E-state index contributed by atoms with van der Waals surface area (Å²) in [6.45, 7) is 0.272. The molecule has 4 heteroatoms. The molecule has 0 radical (unpaired) electrons. The molecule has 0 bridgehead atoms. The van der Waals surface area contributed by atoms with Gasteiger partial charge in [-0.25, -0.2) is 4.39 Å². The second-order valence-electron chi connectivity index (χ2n) is 5.29. The highest BCUT2D eigenvalue weighted by Crippen LogP contribution is 2.32. The maximum absolute atomic E-state index is 13.0. The van der Waals surface area contributed by atoms with Gasteiger partial charge < -0.3 is 9.84 Å². The van der Waals surface area contributed by atoms with Gasteiger partial charge in [0.15, 0.2) is 0 Å². The highest BCUT2D eigenvalue weighted by atomic mass is 35.5. The summed E-state index contributed by atoms with van der Waals surface area (Å²) in [5.74, 6) is 0.329. The third-order valence-electron chi connectivity index (χ3n) is 3.81. The minimum absolute atomic E-state index is 0.272. The summed E-state index contributed by atoms with van der Waals surface area (Å²) in [6, 6.07) is 10.0. The van der Waals surface area contributed by atoms with Crippen LogP contribution >= 0.6 is 11.6 Å². The number of aryl methyl sites for hydroxylation is 1. The molecule has 2 nitrogen and oxygen atoms in total. The van der Waals surface area contributed by atoms with Crippen LogP contribution in [-0.4, -0.2) is 5.11 Å². The van der Waals surface area contributed by atoms with E-state index in [9.17, 15) is 9.50 Å². The number of fused-ring (bicyclic) bond motifs is 1. The monoisotopic (exact) mass is 306 g/mol. The minimum atomic E-state index is -0.410. The molecule has 0 amide bonds. The lowest BCUT2D eigenvalue weighted by Crippen LogP contribution is -2.09. The second kappa shape index (κ2) is 6.04. The Morgan fingerprint density at radius 2 is 2.10 bits per heavy atom. The van der Waals surface area contributed by atoms with Crippen LogP contribution in [0.1, 0.15) is 35.6 Å². The van der Waals surface area contributed by atoms with Crippen LogP contribution in [0.25, 0.3) is 0 Å². The van der Waals surface area contributed by atoms with Gasteiger partial charge in [-0.1, -0.05) is 23.7 Å². The molecule has 1 N–H and O–H groups in total. The molecule has 2 aromatic carbocycles. The number of aliphatic hydroxyl groups excluding tert-OH is 1. The lowest BCUT2D eigenvalue weighted by molar-refractivity contribution is 0.156. The first-order valence-electron chi connectivity index (χ1n) is 7.01. The molecule has 0 spiro atoms. The van der Waals surface area contributed by atoms with Gasteiger partial charge in [0.2, 0.25) is 0 Å². The Balaban J connectivity index is 1.75. The van der Waals surface area contributed by atoms with E-state index in [1.165, 1.54) is 17.7 Å². The minimum Gasteiger partial charge on any atom is -0.489 e. The zero-order valence-corrected chi connectivity index (χ0v) is 12.2.